The number of fused-ring (bicyclic) bond motifs is 1. The van der Waals surface area contributed by atoms with E-state index in [4.69, 9.17) is 0 Å². The van der Waals surface area contributed by atoms with Crippen molar-refractivity contribution in [2.75, 3.05) is 36.4 Å². The van der Waals surface area contributed by atoms with E-state index >= 15 is 0 Å². The molecule has 1 N–H and O–H groups in total. The zero-order chi connectivity index (χ0) is 20.7. The molecule has 0 unspecified atom stereocenters. The molecule has 1 amide bonds. The highest BCUT2D eigenvalue weighted by molar-refractivity contribution is 6.02. The minimum Gasteiger partial charge on any atom is -0.354 e. The molecule has 0 aliphatic carbocycles. The number of halogens is 1. The van der Waals surface area contributed by atoms with Crippen LogP contribution < -0.4 is 10.2 Å². The van der Waals surface area contributed by atoms with Gasteiger partial charge in [-0.2, -0.15) is 0 Å². The molecule has 5 heterocycles. The first-order valence-electron chi connectivity index (χ1n) is 10.3. The van der Waals surface area contributed by atoms with Gasteiger partial charge in [0.1, 0.15) is 11.5 Å². The molecule has 3 aromatic heterocycles. The maximum absolute atomic E-state index is 14.2. The van der Waals surface area contributed by atoms with Gasteiger partial charge in [0.25, 0.3) is 5.91 Å². The molecule has 0 saturated carbocycles. The third-order valence-electron chi connectivity index (χ3n) is 5.90. The number of rotatable bonds is 4. The Morgan fingerprint density at radius 1 is 1.17 bits per heavy atom. The number of hydrogen-bond acceptors (Lipinski definition) is 6. The second kappa shape index (κ2) is 7.64. The number of likely N-dealkylation sites (tertiary alicyclic amines) is 1. The van der Waals surface area contributed by atoms with E-state index in [2.05, 4.69) is 30.1 Å². The molecule has 0 bridgehead atoms. The lowest BCUT2D eigenvalue weighted by Gasteiger charge is -2.23. The summed E-state index contributed by atoms with van der Waals surface area (Å²) in [6.45, 7) is 6.06. The number of aryl methyl sites for hydroxylation is 1. The molecule has 156 valence electrons. The van der Waals surface area contributed by atoms with Crippen molar-refractivity contribution < 1.29 is 9.18 Å². The first-order valence-corrected chi connectivity index (χ1v) is 10.3. The van der Waals surface area contributed by atoms with Gasteiger partial charge in [0, 0.05) is 37.6 Å². The molecule has 5 rings (SSSR count). The van der Waals surface area contributed by atoms with Crippen molar-refractivity contribution in [1.82, 2.24) is 24.3 Å². The number of aromatic nitrogens is 4. The molecular weight excluding hydrogens is 385 g/mol. The van der Waals surface area contributed by atoms with Gasteiger partial charge in [0.05, 0.1) is 23.8 Å². The lowest BCUT2D eigenvalue weighted by Crippen LogP contribution is -2.35. The standard InChI is InChI=1S/C21H24FN7O/c1-14-11-29-12-15(8-17(22)20(29)25-14)26-21(30)18-9-24-19(10-23-18)28-7-4-16(13-28)27-5-2-3-6-27/h8-12,16H,2-7,13H2,1H3,(H,26,30)/t16-/m1/s1. The van der Waals surface area contributed by atoms with Gasteiger partial charge in [-0.25, -0.2) is 19.3 Å². The summed E-state index contributed by atoms with van der Waals surface area (Å²) in [7, 11) is 0. The van der Waals surface area contributed by atoms with Crippen LogP contribution in [0.1, 0.15) is 35.4 Å². The lowest BCUT2D eigenvalue weighted by atomic mass is 10.2. The minimum atomic E-state index is -0.496. The zero-order valence-electron chi connectivity index (χ0n) is 16.9. The molecule has 2 aliphatic heterocycles. The van der Waals surface area contributed by atoms with Crippen LogP contribution in [-0.4, -0.2) is 62.4 Å². The first-order chi connectivity index (χ1) is 14.6. The first kappa shape index (κ1) is 18.9. The van der Waals surface area contributed by atoms with Crippen molar-refractivity contribution >= 4 is 23.1 Å². The molecule has 9 heteroatoms. The minimum absolute atomic E-state index is 0.191. The molecule has 0 radical (unpaired) electrons. The highest BCUT2D eigenvalue weighted by Crippen LogP contribution is 2.24. The van der Waals surface area contributed by atoms with Crippen LogP contribution in [0.3, 0.4) is 0 Å². The van der Waals surface area contributed by atoms with Crippen LogP contribution in [0.2, 0.25) is 0 Å². The van der Waals surface area contributed by atoms with Crippen LogP contribution in [0.15, 0.2) is 30.9 Å². The van der Waals surface area contributed by atoms with Gasteiger partial charge in [0.2, 0.25) is 0 Å². The molecule has 1 atom stereocenters. The fourth-order valence-corrected chi connectivity index (χ4v) is 4.40. The predicted octanol–water partition coefficient (Wildman–Crippen LogP) is 2.50. The van der Waals surface area contributed by atoms with Gasteiger partial charge < -0.3 is 14.6 Å². The Labute approximate surface area is 173 Å². The second-order valence-corrected chi connectivity index (χ2v) is 8.04. The fraction of sp³-hybridized carbons (Fsp3) is 0.429. The second-order valence-electron chi connectivity index (χ2n) is 8.04. The molecule has 30 heavy (non-hydrogen) atoms. The molecule has 2 saturated heterocycles. The smallest absolute Gasteiger partial charge is 0.275 e. The van der Waals surface area contributed by atoms with E-state index in [0.29, 0.717) is 17.4 Å². The normalized spacial score (nSPS) is 19.7. The summed E-state index contributed by atoms with van der Waals surface area (Å²) < 4.78 is 15.8. The molecule has 2 fully saturated rings. The van der Waals surface area contributed by atoms with E-state index in [1.165, 1.54) is 38.2 Å². The molecule has 2 aliphatic rings. The SMILES string of the molecule is Cc1cn2cc(NC(=O)c3cnc(N4CC[C@@H](N5CCCC5)C4)cn3)cc(F)c2n1. The van der Waals surface area contributed by atoms with Crippen LogP contribution >= 0.6 is 0 Å². The van der Waals surface area contributed by atoms with Crippen molar-refractivity contribution in [2.45, 2.75) is 32.2 Å². The van der Waals surface area contributed by atoms with Crippen LogP contribution in [0, 0.1) is 12.7 Å². The van der Waals surface area contributed by atoms with Crippen LogP contribution in [-0.2, 0) is 0 Å². The Morgan fingerprint density at radius 3 is 2.77 bits per heavy atom. The van der Waals surface area contributed by atoms with Gasteiger partial charge in [-0.15, -0.1) is 0 Å². The molecule has 0 aromatic carbocycles. The molecular formula is C21H24FN7O. The average molecular weight is 409 g/mol. The number of pyridine rings is 1. The van der Waals surface area contributed by atoms with E-state index < -0.39 is 11.7 Å². The van der Waals surface area contributed by atoms with Gasteiger partial charge in [-0.3, -0.25) is 9.69 Å². The monoisotopic (exact) mass is 409 g/mol. The van der Waals surface area contributed by atoms with Crippen molar-refractivity contribution in [3.63, 3.8) is 0 Å². The van der Waals surface area contributed by atoms with Crippen molar-refractivity contribution in [1.29, 1.82) is 0 Å². The van der Waals surface area contributed by atoms with Crippen LogP contribution in [0.5, 0.6) is 0 Å². The average Bonchev–Trinajstić information content (AvgIpc) is 3.48. The van der Waals surface area contributed by atoms with Crippen molar-refractivity contribution in [3.8, 4) is 0 Å². The van der Waals surface area contributed by atoms with Gasteiger partial charge >= 0.3 is 0 Å². The molecule has 0 spiro atoms. The molecule has 3 aromatic rings. The highest BCUT2D eigenvalue weighted by Gasteiger charge is 2.30. The maximum Gasteiger partial charge on any atom is 0.275 e. The largest absolute Gasteiger partial charge is 0.354 e. The summed E-state index contributed by atoms with van der Waals surface area (Å²) in [4.78, 5) is 30.2. The summed E-state index contributed by atoms with van der Waals surface area (Å²) in [6, 6.07) is 1.83. The zero-order valence-corrected chi connectivity index (χ0v) is 16.9. The van der Waals surface area contributed by atoms with E-state index in [9.17, 15) is 9.18 Å². The van der Waals surface area contributed by atoms with E-state index in [-0.39, 0.29) is 11.3 Å². The Hall–Kier alpha value is -3.07. The predicted molar refractivity (Wildman–Crippen MR) is 111 cm³/mol. The summed E-state index contributed by atoms with van der Waals surface area (Å²) in [5.41, 5.74) is 1.46. The Kier molecular flexibility index (Phi) is 4.82. The van der Waals surface area contributed by atoms with E-state index in [0.717, 1.165) is 25.3 Å². The quantitative estimate of drug-likeness (QED) is 0.713. The van der Waals surface area contributed by atoms with Crippen LogP contribution in [0.4, 0.5) is 15.9 Å². The van der Waals surface area contributed by atoms with Gasteiger partial charge in [-0.05, 0) is 39.3 Å². The fourth-order valence-electron chi connectivity index (χ4n) is 4.40. The Morgan fingerprint density at radius 2 is 2.00 bits per heavy atom. The number of imidazole rings is 1. The third-order valence-corrected chi connectivity index (χ3v) is 5.90. The maximum atomic E-state index is 14.2. The van der Waals surface area contributed by atoms with E-state index in [1.807, 2.05) is 0 Å². The number of nitrogens with zero attached hydrogens (tertiary/aromatic N) is 6. The third kappa shape index (κ3) is 3.60. The van der Waals surface area contributed by atoms with E-state index in [1.54, 1.807) is 29.9 Å². The van der Waals surface area contributed by atoms with Crippen molar-refractivity contribution in [3.05, 3.63) is 48.1 Å². The summed E-state index contributed by atoms with van der Waals surface area (Å²) in [5.74, 6) is -0.139. The van der Waals surface area contributed by atoms with Crippen LogP contribution in [0.25, 0.3) is 5.65 Å². The highest BCUT2D eigenvalue weighted by atomic mass is 19.1. The molecule has 8 nitrogen and oxygen atoms in total. The number of hydrogen-bond donors (Lipinski definition) is 1. The number of amides is 1. The van der Waals surface area contributed by atoms with Gasteiger partial charge in [0.15, 0.2) is 11.5 Å². The summed E-state index contributed by atoms with van der Waals surface area (Å²) in [5, 5.41) is 2.68. The number of anilines is 2. The topological polar surface area (TPSA) is 78.7 Å². The summed E-state index contributed by atoms with van der Waals surface area (Å²) in [6.07, 6.45) is 10.2. The number of carbonyl (C=O) groups is 1. The Balaban J connectivity index is 1.26. The van der Waals surface area contributed by atoms with Gasteiger partial charge in [-0.1, -0.05) is 0 Å². The number of nitrogens with one attached hydrogen (secondary N) is 1. The lowest BCUT2D eigenvalue weighted by molar-refractivity contribution is 0.102. The number of carbonyl (C=O) groups excluding carboxylic acids is 1. The Bertz CT molecular complexity index is 1070. The summed E-state index contributed by atoms with van der Waals surface area (Å²) >= 11 is 0. The van der Waals surface area contributed by atoms with Crippen molar-refractivity contribution in [2.24, 2.45) is 0 Å².